The first-order valence-corrected chi connectivity index (χ1v) is 11.3. The summed E-state index contributed by atoms with van der Waals surface area (Å²) in [6.07, 6.45) is 1.51. The van der Waals surface area contributed by atoms with Gasteiger partial charge < -0.3 is 4.52 Å². The molecule has 26 heavy (non-hydrogen) atoms. The minimum atomic E-state index is -3.77. The van der Waals surface area contributed by atoms with Crippen LogP contribution in [0.4, 0.5) is 0 Å². The van der Waals surface area contributed by atoms with Crippen LogP contribution >= 0.6 is 7.82 Å². The summed E-state index contributed by atoms with van der Waals surface area (Å²) in [5, 5.41) is 1.39. The molecule has 0 aliphatic rings. The predicted molar refractivity (Wildman–Crippen MR) is 106 cm³/mol. The van der Waals surface area contributed by atoms with Crippen molar-refractivity contribution >= 4 is 24.4 Å². The Hall–Kier alpha value is -1.72. The van der Waals surface area contributed by atoms with Crippen LogP contribution in [0, 0.1) is 0 Å². The fraction of sp³-hybridized carbons (Fsp3) is 0.263. The second-order valence-corrected chi connectivity index (χ2v) is 8.12. The maximum atomic E-state index is 12.7. The lowest BCUT2D eigenvalue weighted by Crippen LogP contribution is -2.01. The highest BCUT2D eigenvalue weighted by Crippen LogP contribution is 2.52. The van der Waals surface area contributed by atoms with Gasteiger partial charge in [-0.25, -0.2) is 4.57 Å². The zero-order valence-electron chi connectivity index (χ0n) is 15.1. The molecule has 0 N–H and O–H groups in total. The highest BCUT2D eigenvalue weighted by atomic mass is 32.2. The normalized spacial score (nSPS) is 13.4. The van der Waals surface area contributed by atoms with E-state index in [0.29, 0.717) is 5.56 Å². The van der Waals surface area contributed by atoms with Gasteiger partial charge in [0.1, 0.15) is 5.76 Å². The third-order valence-electron chi connectivity index (χ3n) is 3.33. The largest absolute Gasteiger partial charge is 0.530 e. The number of phosphoric ester groups is 1. The summed E-state index contributed by atoms with van der Waals surface area (Å²) in [5.74, 6) is 0.204. The van der Waals surface area contributed by atoms with Crippen molar-refractivity contribution < 1.29 is 22.3 Å². The lowest BCUT2D eigenvalue weighted by atomic mass is 10.0. The van der Waals surface area contributed by atoms with E-state index >= 15 is 0 Å². The fourth-order valence-electron chi connectivity index (χ4n) is 2.28. The molecular weight excluding hydrogens is 371 g/mol. The molecule has 0 spiro atoms. The number of rotatable bonds is 9. The molecule has 0 amide bonds. The lowest BCUT2D eigenvalue weighted by Gasteiger charge is -2.19. The van der Waals surface area contributed by atoms with Crippen LogP contribution in [0.25, 0.3) is 16.9 Å². The minimum Gasteiger partial charge on any atom is -0.403 e. The molecule has 0 heterocycles. The molecule has 1 atom stereocenters. The molecule has 0 aromatic heterocycles. The summed E-state index contributed by atoms with van der Waals surface area (Å²) in [6.45, 7) is 3.75. The second kappa shape index (κ2) is 9.83. The maximum Gasteiger partial charge on any atom is 0.530 e. The zero-order chi connectivity index (χ0) is 19.0. The standard InChI is InChI=1S/C19H23O5PS/c1-4-22-25(20,23-5-2)24-19(15-26(3)21)18-13-11-17(12-14-18)16-9-7-6-8-10-16/h6-15H,4-5H2,1-3H3/b19-15-. The molecule has 2 aromatic rings. The number of hydrogen-bond donors (Lipinski definition) is 0. The number of phosphoric acid groups is 1. The van der Waals surface area contributed by atoms with E-state index in [9.17, 15) is 8.77 Å². The van der Waals surface area contributed by atoms with E-state index in [2.05, 4.69) is 0 Å². The van der Waals surface area contributed by atoms with E-state index in [0.717, 1.165) is 11.1 Å². The Morgan fingerprint density at radius 3 is 2.00 bits per heavy atom. The van der Waals surface area contributed by atoms with Crippen LogP contribution in [0.5, 0.6) is 0 Å². The van der Waals surface area contributed by atoms with Gasteiger partial charge in [0.05, 0.1) is 13.2 Å². The van der Waals surface area contributed by atoms with Gasteiger partial charge in [0.15, 0.2) is 0 Å². The molecule has 140 valence electrons. The lowest BCUT2D eigenvalue weighted by molar-refractivity contribution is 0.159. The average Bonchev–Trinajstić information content (AvgIpc) is 2.62. The Kier molecular flexibility index (Phi) is 7.79. The zero-order valence-corrected chi connectivity index (χ0v) is 16.8. The van der Waals surface area contributed by atoms with Crippen molar-refractivity contribution in [3.8, 4) is 11.1 Å². The van der Waals surface area contributed by atoms with Crippen LogP contribution in [-0.4, -0.2) is 23.7 Å². The van der Waals surface area contributed by atoms with Crippen LogP contribution in [0.2, 0.25) is 0 Å². The van der Waals surface area contributed by atoms with Crippen molar-refractivity contribution in [3.63, 3.8) is 0 Å². The topological polar surface area (TPSA) is 61.8 Å². The highest BCUT2D eigenvalue weighted by molar-refractivity contribution is 7.87. The summed E-state index contributed by atoms with van der Waals surface area (Å²) < 4.78 is 40.2. The van der Waals surface area contributed by atoms with Gasteiger partial charge in [-0.1, -0.05) is 54.6 Å². The Labute approximate surface area is 157 Å². The van der Waals surface area contributed by atoms with E-state index in [-0.39, 0.29) is 19.0 Å². The van der Waals surface area contributed by atoms with Gasteiger partial charge in [0.2, 0.25) is 0 Å². The molecule has 0 aliphatic heterocycles. The van der Waals surface area contributed by atoms with Crippen LogP contribution in [-0.2, 0) is 28.9 Å². The van der Waals surface area contributed by atoms with Crippen LogP contribution in [0.3, 0.4) is 0 Å². The molecule has 1 unspecified atom stereocenters. The first kappa shape index (κ1) is 20.6. The molecular formula is C19H23O5PS. The van der Waals surface area contributed by atoms with Crippen molar-refractivity contribution in [2.75, 3.05) is 19.5 Å². The quantitative estimate of drug-likeness (QED) is 0.431. The first-order chi connectivity index (χ1) is 12.5. The van der Waals surface area contributed by atoms with Gasteiger partial charge >= 0.3 is 7.82 Å². The summed E-state index contributed by atoms with van der Waals surface area (Å²) in [5.41, 5.74) is 2.75. The molecule has 7 heteroatoms. The highest BCUT2D eigenvalue weighted by Gasteiger charge is 2.29. The monoisotopic (exact) mass is 394 g/mol. The first-order valence-electron chi connectivity index (χ1n) is 8.26. The minimum absolute atomic E-state index is 0.173. The Balaban J connectivity index is 2.32. The van der Waals surface area contributed by atoms with Crippen LogP contribution < -0.4 is 0 Å². The van der Waals surface area contributed by atoms with Gasteiger partial charge in [0, 0.05) is 28.0 Å². The second-order valence-electron chi connectivity index (χ2n) is 5.30. The number of benzene rings is 2. The third kappa shape index (κ3) is 5.92. The molecule has 0 aliphatic carbocycles. The van der Waals surface area contributed by atoms with E-state index in [1.165, 1.54) is 11.7 Å². The van der Waals surface area contributed by atoms with Crippen molar-refractivity contribution in [2.45, 2.75) is 13.8 Å². The molecule has 0 saturated heterocycles. The summed E-state index contributed by atoms with van der Waals surface area (Å²) in [7, 11) is -5.07. The predicted octanol–water partition coefficient (Wildman–Crippen LogP) is 5.23. The summed E-state index contributed by atoms with van der Waals surface area (Å²) in [4.78, 5) is 0. The van der Waals surface area contributed by atoms with Crippen LogP contribution in [0.1, 0.15) is 19.4 Å². The Morgan fingerprint density at radius 2 is 1.50 bits per heavy atom. The number of hydrogen-bond acceptors (Lipinski definition) is 5. The maximum absolute atomic E-state index is 12.7. The van der Waals surface area contributed by atoms with E-state index in [1.807, 2.05) is 54.6 Å². The molecule has 0 saturated carbocycles. The Bertz CT molecular complexity index is 792. The molecule has 0 radical (unpaired) electrons. The SMILES string of the molecule is CCOP(=O)(OCC)O/C(=C\S(C)=O)c1ccc(-c2ccccc2)cc1. The van der Waals surface area contributed by atoms with Crippen LogP contribution in [0.15, 0.2) is 60.0 Å². The Morgan fingerprint density at radius 1 is 0.962 bits per heavy atom. The van der Waals surface area contributed by atoms with Gasteiger partial charge in [-0.3, -0.25) is 13.3 Å². The molecule has 2 aromatic carbocycles. The van der Waals surface area contributed by atoms with E-state index in [4.69, 9.17) is 13.6 Å². The fourth-order valence-corrected chi connectivity index (χ4v) is 4.05. The van der Waals surface area contributed by atoms with Gasteiger partial charge in [-0.15, -0.1) is 0 Å². The molecule has 5 nitrogen and oxygen atoms in total. The molecule has 0 bridgehead atoms. The van der Waals surface area contributed by atoms with E-state index < -0.39 is 18.6 Å². The van der Waals surface area contributed by atoms with Gasteiger partial charge in [-0.05, 0) is 25.0 Å². The summed E-state index contributed by atoms with van der Waals surface area (Å²) in [6, 6.07) is 17.4. The van der Waals surface area contributed by atoms with Crippen molar-refractivity contribution in [1.29, 1.82) is 0 Å². The smallest absolute Gasteiger partial charge is 0.403 e. The van der Waals surface area contributed by atoms with E-state index in [1.54, 1.807) is 13.8 Å². The van der Waals surface area contributed by atoms with Gasteiger partial charge in [-0.2, -0.15) is 0 Å². The molecule has 2 rings (SSSR count). The van der Waals surface area contributed by atoms with Crippen molar-refractivity contribution in [3.05, 3.63) is 65.6 Å². The van der Waals surface area contributed by atoms with Crippen molar-refractivity contribution in [2.24, 2.45) is 0 Å². The van der Waals surface area contributed by atoms with Gasteiger partial charge in [0.25, 0.3) is 0 Å². The molecule has 0 fully saturated rings. The third-order valence-corrected chi connectivity index (χ3v) is 5.45. The van der Waals surface area contributed by atoms with Crippen molar-refractivity contribution in [1.82, 2.24) is 0 Å². The summed E-state index contributed by atoms with van der Waals surface area (Å²) >= 11 is 0. The average molecular weight is 394 g/mol.